The van der Waals surface area contributed by atoms with Crippen molar-refractivity contribution in [3.63, 3.8) is 0 Å². The number of nitrogens with zero attached hydrogens (tertiary/aromatic N) is 4. The molecule has 2 atom stereocenters. The fourth-order valence-corrected chi connectivity index (χ4v) is 2.79. The summed E-state index contributed by atoms with van der Waals surface area (Å²) < 4.78 is 9.31. The monoisotopic (exact) mass is 318 g/mol. The van der Waals surface area contributed by atoms with Crippen molar-refractivity contribution in [2.75, 3.05) is 11.9 Å². The third kappa shape index (κ3) is 3.53. The fraction of sp³-hybridized carbons (Fsp3) is 0.533. The van der Waals surface area contributed by atoms with E-state index in [0.29, 0.717) is 12.4 Å². The Bertz CT molecular complexity index is 672. The van der Waals surface area contributed by atoms with Crippen molar-refractivity contribution in [1.82, 2.24) is 24.9 Å². The van der Waals surface area contributed by atoms with Crippen LogP contribution in [0.4, 0.5) is 10.6 Å². The second-order valence-electron chi connectivity index (χ2n) is 5.88. The maximum absolute atomic E-state index is 12.2. The second-order valence-corrected chi connectivity index (χ2v) is 5.88. The first-order valence-electron chi connectivity index (χ1n) is 7.71. The molecule has 2 aromatic rings. The van der Waals surface area contributed by atoms with E-state index in [0.717, 1.165) is 24.1 Å². The maximum Gasteiger partial charge on any atom is 0.320 e. The number of rotatable bonds is 3. The highest BCUT2D eigenvalue weighted by molar-refractivity contribution is 5.88. The normalized spacial score (nSPS) is 21.2. The first-order valence-corrected chi connectivity index (χ1v) is 7.71. The summed E-state index contributed by atoms with van der Waals surface area (Å²) in [7, 11) is 3.71. The SMILES string of the molecule is Cc1cc(NC(=O)N[C@H]2CCCO[C@@H]2c2cnn(C)c2)nn1C. The minimum Gasteiger partial charge on any atom is -0.371 e. The molecule has 0 spiro atoms. The lowest BCUT2D eigenvalue weighted by atomic mass is 9.98. The van der Waals surface area contributed by atoms with Crippen molar-refractivity contribution in [3.05, 3.63) is 29.7 Å². The molecule has 0 saturated carbocycles. The zero-order chi connectivity index (χ0) is 16.4. The molecule has 2 N–H and O–H groups in total. The summed E-state index contributed by atoms with van der Waals surface area (Å²) in [6.07, 6.45) is 5.32. The van der Waals surface area contributed by atoms with Crippen LogP contribution < -0.4 is 10.6 Å². The van der Waals surface area contributed by atoms with E-state index in [1.54, 1.807) is 15.6 Å². The second kappa shape index (κ2) is 6.41. The third-order valence-corrected chi connectivity index (χ3v) is 4.05. The van der Waals surface area contributed by atoms with Crippen LogP contribution in [-0.4, -0.2) is 38.2 Å². The smallest absolute Gasteiger partial charge is 0.320 e. The van der Waals surface area contributed by atoms with Crippen LogP contribution in [0.1, 0.15) is 30.2 Å². The Morgan fingerprint density at radius 3 is 2.91 bits per heavy atom. The zero-order valence-corrected chi connectivity index (χ0v) is 13.6. The van der Waals surface area contributed by atoms with Crippen molar-refractivity contribution in [1.29, 1.82) is 0 Å². The van der Waals surface area contributed by atoms with E-state index >= 15 is 0 Å². The van der Waals surface area contributed by atoms with E-state index in [4.69, 9.17) is 4.74 Å². The highest BCUT2D eigenvalue weighted by atomic mass is 16.5. The molecule has 0 radical (unpaired) electrons. The van der Waals surface area contributed by atoms with Crippen LogP contribution in [0.3, 0.4) is 0 Å². The molecular weight excluding hydrogens is 296 g/mol. The van der Waals surface area contributed by atoms with E-state index in [1.807, 2.05) is 33.3 Å². The molecule has 3 heterocycles. The molecule has 8 nitrogen and oxygen atoms in total. The van der Waals surface area contributed by atoms with Crippen molar-refractivity contribution < 1.29 is 9.53 Å². The largest absolute Gasteiger partial charge is 0.371 e. The molecule has 8 heteroatoms. The predicted molar refractivity (Wildman–Crippen MR) is 85.0 cm³/mol. The highest BCUT2D eigenvalue weighted by Crippen LogP contribution is 2.28. The first kappa shape index (κ1) is 15.5. The van der Waals surface area contributed by atoms with Gasteiger partial charge in [-0.1, -0.05) is 0 Å². The highest BCUT2D eigenvalue weighted by Gasteiger charge is 2.29. The Balaban J connectivity index is 1.65. The summed E-state index contributed by atoms with van der Waals surface area (Å²) in [6, 6.07) is 1.47. The van der Waals surface area contributed by atoms with Crippen LogP contribution in [0.5, 0.6) is 0 Å². The molecule has 2 aromatic heterocycles. The maximum atomic E-state index is 12.2. The van der Waals surface area contributed by atoms with Gasteiger partial charge in [0.2, 0.25) is 0 Å². The molecule has 1 aliphatic rings. The van der Waals surface area contributed by atoms with Gasteiger partial charge in [-0.15, -0.1) is 0 Å². The molecule has 0 bridgehead atoms. The average Bonchev–Trinajstić information content (AvgIpc) is 3.06. The summed E-state index contributed by atoms with van der Waals surface area (Å²) >= 11 is 0. The van der Waals surface area contributed by atoms with Crippen molar-refractivity contribution in [3.8, 4) is 0 Å². The van der Waals surface area contributed by atoms with Crippen LogP contribution >= 0.6 is 0 Å². The van der Waals surface area contributed by atoms with E-state index in [1.165, 1.54) is 0 Å². The van der Waals surface area contributed by atoms with Gasteiger partial charge in [-0.3, -0.25) is 14.7 Å². The van der Waals surface area contributed by atoms with Gasteiger partial charge in [0.1, 0.15) is 6.10 Å². The number of ether oxygens (including phenoxy) is 1. The Kier molecular flexibility index (Phi) is 4.33. The molecule has 2 amide bonds. The molecule has 0 aliphatic carbocycles. The van der Waals surface area contributed by atoms with Crippen LogP contribution in [-0.2, 0) is 18.8 Å². The number of aromatic nitrogens is 4. The molecule has 124 valence electrons. The lowest BCUT2D eigenvalue weighted by molar-refractivity contribution is -0.00700. The molecule has 1 saturated heterocycles. The summed E-state index contributed by atoms with van der Waals surface area (Å²) in [5.41, 5.74) is 1.96. The Morgan fingerprint density at radius 2 is 2.26 bits per heavy atom. The van der Waals surface area contributed by atoms with Crippen molar-refractivity contribution in [2.45, 2.75) is 31.9 Å². The van der Waals surface area contributed by atoms with Gasteiger partial charge in [0.25, 0.3) is 0 Å². The van der Waals surface area contributed by atoms with E-state index < -0.39 is 0 Å². The molecular formula is C15H22N6O2. The minimum atomic E-state index is -0.271. The number of aryl methyl sites for hydroxylation is 3. The molecule has 0 unspecified atom stereocenters. The van der Waals surface area contributed by atoms with Gasteiger partial charge < -0.3 is 10.1 Å². The molecule has 1 fully saturated rings. The van der Waals surface area contributed by atoms with Crippen molar-refractivity contribution >= 4 is 11.8 Å². The van der Waals surface area contributed by atoms with E-state index in [-0.39, 0.29) is 18.2 Å². The van der Waals surface area contributed by atoms with Crippen molar-refractivity contribution in [2.24, 2.45) is 14.1 Å². The van der Waals surface area contributed by atoms with Crippen LogP contribution in [0.25, 0.3) is 0 Å². The summed E-state index contributed by atoms with van der Waals surface area (Å²) in [6.45, 7) is 2.63. The number of anilines is 1. The van der Waals surface area contributed by atoms with Crippen LogP contribution in [0.15, 0.2) is 18.5 Å². The minimum absolute atomic E-state index is 0.0854. The Labute approximate surface area is 134 Å². The lowest BCUT2D eigenvalue weighted by Gasteiger charge is -2.31. The number of nitrogens with one attached hydrogen (secondary N) is 2. The fourth-order valence-electron chi connectivity index (χ4n) is 2.79. The number of carbonyl (C=O) groups is 1. The molecule has 0 aromatic carbocycles. The molecule has 23 heavy (non-hydrogen) atoms. The Hall–Kier alpha value is -2.35. The van der Waals surface area contributed by atoms with Gasteiger partial charge in [0.15, 0.2) is 5.82 Å². The molecule has 1 aliphatic heterocycles. The van der Waals surface area contributed by atoms with Gasteiger partial charge in [0.05, 0.1) is 12.2 Å². The van der Waals surface area contributed by atoms with Gasteiger partial charge in [-0.05, 0) is 19.8 Å². The van der Waals surface area contributed by atoms with Crippen LogP contribution in [0, 0.1) is 6.92 Å². The standard InChI is InChI=1S/C15H22N6O2/c1-10-7-13(19-21(10)3)18-15(22)17-12-5-4-6-23-14(12)11-8-16-20(2)9-11/h7-9,12,14H,4-6H2,1-3H3,(H2,17,18,19,22)/t12-,14+/m0/s1. The van der Waals surface area contributed by atoms with Gasteiger partial charge in [-0.25, -0.2) is 4.79 Å². The number of carbonyl (C=O) groups excluding carboxylic acids is 1. The van der Waals surface area contributed by atoms with Gasteiger partial charge in [-0.2, -0.15) is 10.2 Å². The summed E-state index contributed by atoms with van der Waals surface area (Å²) in [5.74, 6) is 0.539. The van der Waals surface area contributed by atoms with E-state index in [2.05, 4.69) is 20.8 Å². The number of amides is 2. The summed E-state index contributed by atoms with van der Waals surface area (Å²) in [5, 5.41) is 14.2. The van der Waals surface area contributed by atoms with Gasteiger partial charge in [0, 0.05) is 44.2 Å². The number of hydrogen-bond donors (Lipinski definition) is 2. The quantitative estimate of drug-likeness (QED) is 0.898. The summed E-state index contributed by atoms with van der Waals surface area (Å²) in [4.78, 5) is 12.2. The average molecular weight is 318 g/mol. The number of urea groups is 1. The first-order chi connectivity index (χ1) is 11.0. The Morgan fingerprint density at radius 1 is 1.43 bits per heavy atom. The third-order valence-electron chi connectivity index (χ3n) is 4.05. The van der Waals surface area contributed by atoms with Crippen LogP contribution in [0.2, 0.25) is 0 Å². The predicted octanol–water partition coefficient (Wildman–Crippen LogP) is 1.50. The van der Waals surface area contributed by atoms with Gasteiger partial charge >= 0.3 is 6.03 Å². The van der Waals surface area contributed by atoms with E-state index in [9.17, 15) is 4.79 Å². The zero-order valence-electron chi connectivity index (χ0n) is 13.6. The topological polar surface area (TPSA) is 86.0 Å². The lowest BCUT2D eigenvalue weighted by Crippen LogP contribution is -2.44. The number of hydrogen-bond acceptors (Lipinski definition) is 4. The molecule has 3 rings (SSSR count).